The van der Waals surface area contributed by atoms with Crippen LogP contribution in [0.2, 0.25) is 0 Å². The Labute approximate surface area is 115 Å². The zero-order valence-electron chi connectivity index (χ0n) is 11.1. The Kier molecular flexibility index (Phi) is 4.16. The average molecular weight is 280 g/mol. The van der Waals surface area contributed by atoms with Crippen molar-refractivity contribution in [3.05, 3.63) is 27.9 Å². The van der Waals surface area contributed by atoms with Crippen LogP contribution in [0.4, 0.5) is 5.69 Å². The second kappa shape index (κ2) is 5.85. The highest BCUT2D eigenvalue weighted by Gasteiger charge is 2.25. The van der Waals surface area contributed by atoms with Crippen molar-refractivity contribution in [2.45, 2.75) is 38.7 Å². The SMILES string of the molecule is CC1CCC(Oc2ncc(C(=O)O)cc2[N+](=O)[O-])CC1. The van der Waals surface area contributed by atoms with Crippen LogP contribution in [0, 0.1) is 16.0 Å². The number of nitro groups is 1. The predicted octanol–water partition coefficient (Wildman–Crippen LogP) is 2.65. The van der Waals surface area contributed by atoms with Gasteiger partial charge in [0, 0.05) is 12.3 Å². The second-order valence-corrected chi connectivity index (χ2v) is 5.11. The molecule has 0 saturated heterocycles. The Hall–Kier alpha value is -2.18. The molecule has 2 rings (SSSR count). The number of aromatic nitrogens is 1. The molecule has 0 spiro atoms. The summed E-state index contributed by atoms with van der Waals surface area (Å²) in [6, 6.07) is 0.982. The number of hydrogen-bond acceptors (Lipinski definition) is 5. The van der Waals surface area contributed by atoms with Gasteiger partial charge in [-0.2, -0.15) is 0 Å². The topological polar surface area (TPSA) is 103 Å². The molecule has 1 N–H and O–H groups in total. The molecule has 0 unspecified atom stereocenters. The fourth-order valence-electron chi connectivity index (χ4n) is 2.28. The molecule has 0 aromatic carbocycles. The number of hydrogen-bond donors (Lipinski definition) is 1. The second-order valence-electron chi connectivity index (χ2n) is 5.11. The maximum Gasteiger partial charge on any atom is 0.337 e. The van der Waals surface area contributed by atoms with Gasteiger partial charge in [-0.05, 0) is 31.6 Å². The maximum atomic E-state index is 11.0. The van der Waals surface area contributed by atoms with E-state index in [1.165, 1.54) is 0 Å². The molecule has 1 aromatic heterocycles. The summed E-state index contributed by atoms with van der Waals surface area (Å²) in [5.41, 5.74) is -0.621. The lowest BCUT2D eigenvalue weighted by Gasteiger charge is -2.26. The Morgan fingerprint density at radius 2 is 2.10 bits per heavy atom. The van der Waals surface area contributed by atoms with Gasteiger partial charge in [0.05, 0.1) is 10.5 Å². The normalized spacial score (nSPS) is 22.2. The van der Waals surface area contributed by atoms with Crippen LogP contribution >= 0.6 is 0 Å². The molecule has 108 valence electrons. The summed E-state index contributed by atoms with van der Waals surface area (Å²) in [6.07, 6.45) is 4.70. The van der Waals surface area contributed by atoms with Crippen LogP contribution < -0.4 is 4.74 Å². The first-order valence-corrected chi connectivity index (χ1v) is 6.51. The first-order chi connectivity index (χ1) is 9.47. The minimum absolute atomic E-state index is 0.0897. The lowest BCUT2D eigenvalue weighted by Crippen LogP contribution is -2.23. The molecule has 0 radical (unpaired) electrons. The van der Waals surface area contributed by atoms with Crippen molar-refractivity contribution in [2.24, 2.45) is 5.92 Å². The van der Waals surface area contributed by atoms with E-state index in [-0.39, 0.29) is 17.5 Å². The standard InChI is InChI=1S/C13H16N2O5/c1-8-2-4-10(5-3-8)20-12-11(15(18)19)6-9(7-14-12)13(16)17/h6-8,10H,2-5H2,1H3,(H,16,17). The molecule has 0 bridgehead atoms. The summed E-state index contributed by atoms with van der Waals surface area (Å²) in [7, 11) is 0. The Morgan fingerprint density at radius 1 is 1.45 bits per heavy atom. The van der Waals surface area contributed by atoms with Crippen molar-refractivity contribution in [3.63, 3.8) is 0 Å². The van der Waals surface area contributed by atoms with Crippen molar-refractivity contribution >= 4 is 11.7 Å². The summed E-state index contributed by atoms with van der Waals surface area (Å²) in [5, 5.41) is 19.8. The molecule has 1 saturated carbocycles. The van der Waals surface area contributed by atoms with Gasteiger partial charge in [0.2, 0.25) is 0 Å². The third-order valence-electron chi connectivity index (χ3n) is 3.52. The summed E-state index contributed by atoms with van der Waals surface area (Å²) in [4.78, 5) is 24.9. The maximum absolute atomic E-state index is 11.0. The highest BCUT2D eigenvalue weighted by molar-refractivity contribution is 5.88. The van der Waals surface area contributed by atoms with Crippen LogP contribution in [-0.2, 0) is 0 Å². The molecule has 1 aliphatic carbocycles. The quantitative estimate of drug-likeness (QED) is 0.671. The van der Waals surface area contributed by atoms with Crippen LogP contribution in [-0.4, -0.2) is 27.1 Å². The molecular formula is C13H16N2O5. The minimum Gasteiger partial charge on any atom is -0.478 e. The van der Waals surface area contributed by atoms with Crippen molar-refractivity contribution in [2.75, 3.05) is 0 Å². The average Bonchev–Trinajstić information content (AvgIpc) is 2.41. The van der Waals surface area contributed by atoms with Gasteiger partial charge in [-0.15, -0.1) is 0 Å². The van der Waals surface area contributed by atoms with E-state index in [2.05, 4.69) is 11.9 Å². The molecule has 0 aliphatic heterocycles. The van der Waals surface area contributed by atoms with Gasteiger partial charge in [0.25, 0.3) is 5.88 Å². The van der Waals surface area contributed by atoms with Gasteiger partial charge in [0.1, 0.15) is 6.10 Å². The van der Waals surface area contributed by atoms with Gasteiger partial charge in [0.15, 0.2) is 0 Å². The fourth-order valence-corrected chi connectivity index (χ4v) is 2.28. The van der Waals surface area contributed by atoms with E-state index in [9.17, 15) is 14.9 Å². The molecule has 7 heteroatoms. The first-order valence-electron chi connectivity index (χ1n) is 6.51. The predicted molar refractivity (Wildman–Crippen MR) is 69.9 cm³/mol. The van der Waals surface area contributed by atoms with Crippen molar-refractivity contribution in [1.82, 2.24) is 4.98 Å². The summed E-state index contributed by atoms with van der Waals surface area (Å²) >= 11 is 0. The zero-order chi connectivity index (χ0) is 14.7. The van der Waals surface area contributed by atoms with E-state index in [1.807, 2.05) is 0 Å². The highest BCUT2D eigenvalue weighted by Crippen LogP contribution is 2.31. The van der Waals surface area contributed by atoms with E-state index in [0.29, 0.717) is 5.92 Å². The zero-order valence-corrected chi connectivity index (χ0v) is 11.1. The minimum atomic E-state index is -1.25. The van der Waals surface area contributed by atoms with E-state index in [4.69, 9.17) is 9.84 Å². The van der Waals surface area contributed by atoms with Crippen LogP contribution in [0.25, 0.3) is 0 Å². The van der Waals surface area contributed by atoms with Crippen molar-refractivity contribution < 1.29 is 19.6 Å². The Balaban J connectivity index is 2.18. The van der Waals surface area contributed by atoms with Gasteiger partial charge < -0.3 is 9.84 Å². The van der Waals surface area contributed by atoms with Gasteiger partial charge in [-0.25, -0.2) is 9.78 Å². The third-order valence-corrected chi connectivity index (χ3v) is 3.52. The summed E-state index contributed by atoms with van der Waals surface area (Å²) < 4.78 is 5.59. The van der Waals surface area contributed by atoms with Crippen LogP contribution in [0.3, 0.4) is 0 Å². The monoisotopic (exact) mass is 280 g/mol. The van der Waals surface area contributed by atoms with E-state index >= 15 is 0 Å². The fraction of sp³-hybridized carbons (Fsp3) is 0.538. The number of ether oxygens (including phenoxy) is 1. The van der Waals surface area contributed by atoms with Crippen molar-refractivity contribution in [3.8, 4) is 5.88 Å². The van der Waals surface area contributed by atoms with Crippen molar-refractivity contribution in [1.29, 1.82) is 0 Å². The van der Waals surface area contributed by atoms with Gasteiger partial charge in [-0.1, -0.05) is 6.92 Å². The lowest BCUT2D eigenvalue weighted by atomic mass is 9.89. The number of carboxylic acid groups (broad SMARTS) is 1. The number of pyridine rings is 1. The number of carboxylic acids is 1. The molecule has 1 heterocycles. The molecule has 1 aromatic rings. The smallest absolute Gasteiger partial charge is 0.337 e. The van der Waals surface area contributed by atoms with Crippen LogP contribution in [0.15, 0.2) is 12.3 Å². The summed E-state index contributed by atoms with van der Waals surface area (Å²) in [6.45, 7) is 2.17. The van der Waals surface area contributed by atoms with Gasteiger partial charge >= 0.3 is 11.7 Å². The van der Waals surface area contributed by atoms with E-state index in [0.717, 1.165) is 37.9 Å². The van der Waals surface area contributed by atoms with E-state index < -0.39 is 16.6 Å². The number of aromatic carboxylic acids is 1. The first kappa shape index (κ1) is 14.2. The van der Waals surface area contributed by atoms with Crippen LogP contribution in [0.5, 0.6) is 5.88 Å². The Bertz CT molecular complexity index is 523. The molecule has 0 amide bonds. The van der Waals surface area contributed by atoms with Gasteiger partial charge in [-0.3, -0.25) is 10.1 Å². The largest absolute Gasteiger partial charge is 0.478 e. The van der Waals surface area contributed by atoms with E-state index in [1.54, 1.807) is 0 Å². The number of rotatable bonds is 4. The number of carbonyl (C=O) groups is 1. The molecule has 0 atom stereocenters. The number of nitrogens with zero attached hydrogens (tertiary/aromatic N) is 2. The molecule has 20 heavy (non-hydrogen) atoms. The Morgan fingerprint density at radius 3 is 2.65 bits per heavy atom. The third kappa shape index (κ3) is 3.23. The summed E-state index contributed by atoms with van der Waals surface area (Å²) in [5.74, 6) is -0.703. The van der Waals surface area contributed by atoms with Crippen LogP contribution in [0.1, 0.15) is 43.0 Å². The molecule has 1 aliphatic rings. The lowest BCUT2D eigenvalue weighted by molar-refractivity contribution is -0.386. The highest BCUT2D eigenvalue weighted by atomic mass is 16.6. The molecule has 7 nitrogen and oxygen atoms in total. The molecular weight excluding hydrogens is 264 g/mol. The molecule has 1 fully saturated rings.